The van der Waals surface area contributed by atoms with Gasteiger partial charge in [-0.2, -0.15) is 0 Å². The topological polar surface area (TPSA) is 111 Å². The van der Waals surface area contributed by atoms with E-state index in [1.54, 1.807) is 0 Å². The van der Waals surface area contributed by atoms with E-state index >= 15 is 0 Å². The zero-order valence-electron chi connectivity index (χ0n) is 50.8. The van der Waals surface area contributed by atoms with Crippen LogP contribution in [0.25, 0.3) is 0 Å². The van der Waals surface area contributed by atoms with Crippen LogP contribution in [0.2, 0.25) is 0 Å². The molecular weight excluding hydrogens is 990 g/mol. The van der Waals surface area contributed by atoms with Gasteiger partial charge in [-0.1, -0.05) is 252 Å². The highest BCUT2D eigenvalue weighted by Gasteiger charge is 2.22. The molecule has 0 aliphatic rings. The molecule has 2 atom stereocenters. The molecule has 0 spiro atoms. The number of nitrogens with zero attached hydrogens (tertiary/aromatic N) is 1. The van der Waals surface area contributed by atoms with Crippen LogP contribution in [-0.4, -0.2) is 70.0 Å². The van der Waals surface area contributed by atoms with Crippen molar-refractivity contribution in [1.29, 1.82) is 0 Å². The van der Waals surface area contributed by atoms with Crippen LogP contribution in [0.4, 0.5) is 0 Å². The second kappa shape index (κ2) is 58.3. The molecule has 9 nitrogen and oxygen atoms in total. The number of ether oxygens (including phenoxy) is 2. The van der Waals surface area contributed by atoms with Crippen LogP contribution in [-0.2, 0) is 32.7 Å². The molecule has 0 rings (SSSR count). The van der Waals surface area contributed by atoms with Crippen molar-refractivity contribution in [2.75, 3.05) is 47.5 Å². The fourth-order valence-corrected chi connectivity index (χ4v) is 9.16. The summed E-state index contributed by atoms with van der Waals surface area (Å²) in [7, 11) is 1.14. The molecule has 0 aliphatic heterocycles. The SMILES string of the molecule is CC/C=C\C/C=C\C/C=C\C/C=C\C/C=C\C/C=C\C/C=C\C/C=C\CCCCCCC(=O)OC(COC(=O)CCCCCCCCCCCCCCC/C=C\CCCCCCCCCC)COP(=O)([O-])OCC[N+](C)(C)C. The van der Waals surface area contributed by atoms with Crippen molar-refractivity contribution in [3.8, 4) is 0 Å². The Morgan fingerprint density at radius 2 is 0.731 bits per heavy atom. The van der Waals surface area contributed by atoms with E-state index in [0.29, 0.717) is 17.4 Å². The van der Waals surface area contributed by atoms with Crippen molar-refractivity contribution < 1.29 is 42.1 Å². The first-order valence-electron chi connectivity index (χ1n) is 31.6. The number of quaternary nitrogens is 1. The van der Waals surface area contributed by atoms with E-state index in [4.69, 9.17) is 18.5 Å². The first-order valence-corrected chi connectivity index (χ1v) is 33.1. The first-order chi connectivity index (χ1) is 38.0. The molecule has 0 aromatic carbocycles. The van der Waals surface area contributed by atoms with E-state index in [2.05, 4.69) is 123 Å². The van der Waals surface area contributed by atoms with Crippen LogP contribution in [0.1, 0.15) is 258 Å². The van der Waals surface area contributed by atoms with Gasteiger partial charge in [-0.15, -0.1) is 0 Å². The van der Waals surface area contributed by atoms with E-state index in [1.807, 2.05) is 21.1 Å². The third-order valence-corrected chi connectivity index (χ3v) is 14.2. The third kappa shape index (κ3) is 61.9. The number of esters is 2. The maximum atomic E-state index is 12.8. The highest BCUT2D eigenvalue weighted by atomic mass is 31.2. The monoisotopic (exact) mass is 1110 g/mol. The Morgan fingerprint density at radius 1 is 0.410 bits per heavy atom. The second-order valence-electron chi connectivity index (χ2n) is 22.0. The van der Waals surface area contributed by atoms with Crippen LogP contribution in [0.3, 0.4) is 0 Å². The summed E-state index contributed by atoms with van der Waals surface area (Å²) in [4.78, 5) is 38.0. The Bertz CT molecular complexity index is 1680. The van der Waals surface area contributed by atoms with Crippen LogP contribution in [0.15, 0.2) is 109 Å². The molecule has 2 unspecified atom stereocenters. The summed E-state index contributed by atoms with van der Waals surface area (Å²) in [5.74, 6) is -0.864. The molecule has 0 saturated carbocycles. The van der Waals surface area contributed by atoms with Crippen molar-refractivity contribution >= 4 is 19.8 Å². The number of hydrogen-bond donors (Lipinski definition) is 0. The van der Waals surface area contributed by atoms with Crippen LogP contribution < -0.4 is 4.89 Å². The van der Waals surface area contributed by atoms with E-state index in [0.717, 1.165) is 96.3 Å². The minimum Gasteiger partial charge on any atom is -0.756 e. The zero-order chi connectivity index (χ0) is 57.0. The van der Waals surface area contributed by atoms with E-state index < -0.39 is 32.5 Å². The second-order valence-corrected chi connectivity index (χ2v) is 23.4. The van der Waals surface area contributed by atoms with Crippen molar-refractivity contribution in [2.24, 2.45) is 0 Å². The highest BCUT2D eigenvalue weighted by molar-refractivity contribution is 7.45. The number of carbonyl (C=O) groups is 2. The Morgan fingerprint density at radius 3 is 1.10 bits per heavy atom. The molecule has 0 bridgehead atoms. The standard InChI is InChI=1S/C68H118NO8P/c1-6-8-10-12-14-16-18-20-22-24-26-28-30-32-33-34-35-37-39-41-43-45-47-49-51-53-55-57-59-61-68(71)77-66(65-76-78(72,73)75-63-62-69(3,4)5)64-74-67(70)60-58-56-54-52-50-48-46-44-42-40-38-36-31-29-27-25-23-21-19-17-15-13-11-9-7-2/h8,10,14,16,20,22,25-28,32-33,35,37,41,43,47,49,66H,6-7,9,11-13,15,17-19,21,23-24,29-31,34,36,38-40,42,44-46,48,50-65H2,1-5H3/b10-8-,16-14-,22-20-,27-25-,28-26-,33-32-,37-35-,43-41-,49-47-. The fourth-order valence-electron chi connectivity index (χ4n) is 8.43. The first kappa shape index (κ1) is 74.7. The highest BCUT2D eigenvalue weighted by Crippen LogP contribution is 2.38. The van der Waals surface area contributed by atoms with Gasteiger partial charge < -0.3 is 27.9 Å². The van der Waals surface area contributed by atoms with Crippen molar-refractivity contribution in [2.45, 2.75) is 264 Å². The summed E-state index contributed by atoms with van der Waals surface area (Å²) >= 11 is 0. The molecule has 0 aromatic heterocycles. The molecule has 0 amide bonds. The van der Waals surface area contributed by atoms with Crippen LogP contribution >= 0.6 is 7.82 Å². The largest absolute Gasteiger partial charge is 0.756 e. The number of likely N-dealkylation sites (N-methyl/N-ethyl adjacent to an activating group) is 1. The summed E-state index contributed by atoms with van der Waals surface area (Å²) in [6.45, 7) is 4.10. The minimum absolute atomic E-state index is 0.0413. The maximum Gasteiger partial charge on any atom is 0.306 e. The normalized spacial score (nSPS) is 14.0. The zero-order valence-corrected chi connectivity index (χ0v) is 51.7. The molecule has 10 heteroatoms. The number of carbonyl (C=O) groups excluding carboxylic acids is 2. The Labute approximate surface area is 480 Å². The van der Waals surface area contributed by atoms with Crippen LogP contribution in [0.5, 0.6) is 0 Å². The van der Waals surface area contributed by atoms with Gasteiger partial charge in [0.25, 0.3) is 7.82 Å². The van der Waals surface area contributed by atoms with E-state index in [9.17, 15) is 19.0 Å². The number of rotatable bonds is 57. The van der Waals surface area contributed by atoms with E-state index in [-0.39, 0.29) is 26.1 Å². The Hall–Kier alpha value is -3.33. The molecule has 78 heavy (non-hydrogen) atoms. The number of unbranched alkanes of at least 4 members (excludes halogenated alkanes) is 25. The molecule has 0 aromatic rings. The molecular formula is C68H118NO8P. The molecule has 0 fully saturated rings. The molecule has 0 radical (unpaired) electrons. The van der Waals surface area contributed by atoms with Gasteiger partial charge >= 0.3 is 11.9 Å². The lowest BCUT2D eigenvalue weighted by atomic mass is 10.0. The summed E-state index contributed by atoms with van der Waals surface area (Å²) < 4.78 is 34.2. The summed E-state index contributed by atoms with van der Waals surface area (Å²) in [6.07, 6.45) is 81.4. The third-order valence-electron chi connectivity index (χ3n) is 13.3. The van der Waals surface area contributed by atoms with Crippen molar-refractivity contribution in [3.63, 3.8) is 0 Å². The Kier molecular flexibility index (Phi) is 55.8. The molecule has 0 aliphatic carbocycles. The summed E-state index contributed by atoms with van der Waals surface area (Å²) in [5, 5.41) is 0. The van der Waals surface area contributed by atoms with Gasteiger partial charge in [0.05, 0.1) is 27.7 Å². The average molecular weight is 1110 g/mol. The average Bonchev–Trinajstić information content (AvgIpc) is 3.41. The Balaban J connectivity index is 4.21. The molecule has 448 valence electrons. The lowest BCUT2D eigenvalue weighted by Crippen LogP contribution is -2.37. The quantitative estimate of drug-likeness (QED) is 0.0195. The molecule has 0 heterocycles. The fraction of sp³-hybridized carbons (Fsp3) is 0.706. The molecule has 0 saturated heterocycles. The lowest BCUT2D eigenvalue weighted by Gasteiger charge is -2.28. The van der Waals surface area contributed by atoms with Gasteiger partial charge in [0.15, 0.2) is 6.10 Å². The van der Waals surface area contributed by atoms with Gasteiger partial charge in [-0.05, 0) is 103 Å². The van der Waals surface area contributed by atoms with Crippen LogP contribution in [0, 0.1) is 0 Å². The predicted molar refractivity (Wildman–Crippen MR) is 332 cm³/mol. The number of hydrogen-bond acceptors (Lipinski definition) is 8. The van der Waals surface area contributed by atoms with Gasteiger partial charge in [-0.3, -0.25) is 14.2 Å². The van der Waals surface area contributed by atoms with E-state index in [1.165, 1.54) is 128 Å². The number of allylic oxidation sites excluding steroid dienone is 18. The predicted octanol–water partition coefficient (Wildman–Crippen LogP) is 19.5. The smallest absolute Gasteiger partial charge is 0.306 e. The van der Waals surface area contributed by atoms with Gasteiger partial charge in [0, 0.05) is 12.8 Å². The lowest BCUT2D eigenvalue weighted by molar-refractivity contribution is -0.870. The maximum absolute atomic E-state index is 12.8. The minimum atomic E-state index is -4.65. The van der Waals surface area contributed by atoms with Gasteiger partial charge in [-0.25, -0.2) is 0 Å². The van der Waals surface area contributed by atoms with Gasteiger partial charge in [0.1, 0.15) is 19.8 Å². The number of phosphoric acid groups is 1. The van der Waals surface area contributed by atoms with Gasteiger partial charge in [0.2, 0.25) is 0 Å². The van der Waals surface area contributed by atoms with Crippen molar-refractivity contribution in [3.05, 3.63) is 109 Å². The number of phosphoric ester groups is 1. The summed E-state index contributed by atoms with van der Waals surface area (Å²) in [6, 6.07) is 0. The summed E-state index contributed by atoms with van der Waals surface area (Å²) in [5.41, 5.74) is 0. The molecule has 0 N–H and O–H groups in total. The van der Waals surface area contributed by atoms with Crippen molar-refractivity contribution in [1.82, 2.24) is 0 Å².